The maximum atomic E-state index is 13.8. The maximum absolute atomic E-state index is 13.8. The van der Waals surface area contributed by atoms with Crippen LogP contribution in [0.25, 0.3) is 22.0 Å². The molecule has 0 spiro atoms. The van der Waals surface area contributed by atoms with Gasteiger partial charge in [0, 0.05) is 24.0 Å². The number of carbonyl (C=O) groups excluding carboxylic acids is 1. The van der Waals surface area contributed by atoms with Crippen LogP contribution in [0.3, 0.4) is 0 Å². The van der Waals surface area contributed by atoms with Gasteiger partial charge in [0.1, 0.15) is 13.2 Å². The number of likely N-dealkylation sites (tertiary alicyclic amines) is 1. The van der Waals surface area contributed by atoms with Crippen molar-refractivity contribution in [3.63, 3.8) is 0 Å². The van der Waals surface area contributed by atoms with Crippen LogP contribution >= 0.6 is 23.2 Å². The number of alkyl halides is 2. The molecule has 3 heterocycles. The normalized spacial score (nSPS) is 17.7. The summed E-state index contributed by atoms with van der Waals surface area (Å²) in [4.78, 5) is 27.1. The summed E-state index contributed by atoms with van der Waals surface area (Å²) in [5.74, 6) is -0.416. The number of nitrogens with zero attached hydrogens (tertiary/aromatic N) is 3. The SMILES string of the molecule is O=C(Cn1ccc2c(c(-c3ccc(Cl)c(Cl)c3)cn2C2CC2)c1=O)N1CC(F)(CF)C1. The van der Waals surface area contributed by atoms with Gasteiger partial charge in [-0.05, 0) is 36.6 Å². The van der Waals surface area contributed by atoms with Gasteiger partial charge in [-0.3, -0.25) is 9.59 Å². The Morgan fingerprint density at radius 2 is 1.90 bits per heavy atom. The highest BCUT2D eigenvalue weighted by Gasteiger charge is 2.45. The summed E-state index contributed by atoms with van der Waals surface area (Å²) in [6.07, 6.45) is 5.61. The fourth-order valence-corrected chi connectivity index (χ4v) is 4.41. The average Bonchev–Trinajstić information content (AvgIpc) is 3.50. The topological polar surface area (TPSA) is 47.2 Å². The van der Waals surface area contributed by atoms with Gasteiger partial charge in [0.05, 0.1) is 34.0 Å². The van der Waals surface area contributed by atoms with Crippen molar-refractivity contribution in [3.05, 3.63) is 57.1 Å². The highest BCUT2D eigenvalue weighted by Crippen LogP contribution is 2.41. The molecule has 3 aromatic rings. The minimum Gasteiger partial charge on any atom is -0.344 e. The second-order valence-corrected chi connectivity index (χ2v) is 9.17. The number of hydrogen-bond acceptors (Lipinski definition) is 2. The van der Waals surface area contributed by atoms with Gasteiger partial charge < -0.3 is 14.0 Å². The molecule has 1 aliphatic heterocycles. The molecule has 1 saturated carbocycles. The van der Waals surface area contributed by atoms with Crippen LogP contribution in [0, 0.1) is 0 Å². The lowest BCUT2D eigenvalue weighted by Crippen LogP contribution is -2.62. The van der Waals surface area contributed by atoms with E-state index in [1.807, 2.05) is 12.3 Å². The molecule has 0 radical (unpaired) electrons. The molecule has 1 saturated heterocycles. The monoisotopic (exact) mass is 465 g/mol. The molecule has 0 bridgehead atoms. The number of aromatic nitrogens is 2. The molecule has 31 heavy (non-hydrogen) atoms. The second kappa shape index (κ2) is 7.35. The van der Waals surface area contributed by atoms with Crippen LogP contribution in [0.1, 0.15) is 18.9 Å². The van der Waals surface area contributed by atoms with Crippen LogP contribution in [0.2, 0.25) is 10.0 Å². The lowest BCUT2D eigenvalue weighted by molar-refractivity contribution is -0.147. The van der Waals surface area contributed by atoms with Crippen LogP contribution in [0.5, 0.6) is 0 Å². The number of pyridine rings is 1. The van der Waals surface area contributed by atoms with Crippen molar-refractivity contribution in [2.75, 3.05) is 19.8 Å². The van der Waals surface area contributed by atoms with E-state index in [0.29, 0.717) is 21.5 Å². The molecule has 0 unspecified atom stereocenters. The van der Waals surface area contributed by atoms with Crippen LogP contribution in [0.15, 0.2) is 41.5 Å². The zero-order chi connectivity index (χ0) is 21.9. The third-order valence-electron chi connectivity index (χ3n) is 5.98. The van der Waals surface area contributed by atoms with E-state index in [1.54, 1.807) is 24.4 Å². The third-order valence-corrected chi connectivity index (χ3v) is 6.72. The number of halogens is 4. The number of carbonyl (C=O) groups is 1. The second-order valence-electron chi connectivity index (χ2n) is 8.35. The standard InChI is InChI=1S/C22H19Cl2F2N3O2/c23-16-4-1-13(7-17(16)24)15-8-29(14-2-3-14)18-5-6-27(21(31)20(15)18)9-19(30)28-11-22(26,10-25)12-28/h1,4-8,14H,2-3,9-12H2. The van der Waals surface area contributed by atoms with Gasteiger partial charge >= 0.3 is 0 Å². The lowest BCUT2D eigenvalue weighted by Gasteiger charge is -2.42. The van der Waals surface area contributed by atoms with Crippen LogP contribution in [-0.4, -0.2) is 45.4 Å². The van der Waals surface area contributed by atoms with Crippen molar-refractivity contribution in [1.82, 2.24) is 14.0 Å². The smallest absolute Gasteiger partial charge is 0.261 e. The molecule has 162 valence electrons. The molecule has 2 aromatic heterocycles. The van der Waals surface area contributed by atoms with Crippen molar-refractivity contribution >= 4 is 40.0 Å². The van der Waals surface area contributed by atoms with Gasteiger partial charge in [-0.1, -0.05) is 29.3 Å². The maximum Gasteiger partial charge on any atom is 0.261 e. The molecular formula is C22H19Cl2F2N3O2. The van der Waals surface area contributed by atoms with Crippen LogP contribution in [-0.2, 0) is 11.3 Å². The molecule has 1 amide bonds. The summed E-state index contributed by atoms with van der Waals surface area (Å²) in [5, 5.41) is 1.30. The molecule has 5 rings (SSSR count). The van der Waals surface area contributed by atoms with E-state index >= 15 is 0 Å². The first-order chi connectivity index (χ1) is 14.8. The molecule has 5 nitrogen and oxygen atoms in total. The highest BCUT2D eigenvalue weighted by molar-refractivity contribution is 6.42. The summed E-state index contributed by atoms with van der Waals surface area (Å²) in [7, 11) is 0. The Labute approximate surface area is 186 Å². The van der Waals surface area contributed by atoms with Crippen molar-refractivity contribution in [1.29, 1.82) is 0 Å². The Morgan fingerprint density at radius 3 is 2.55 bits per heavy atom. The first-order valence-corrected chi connectivity index (χ1v) is 10.8. The minimum absolute atomic E-state index is 0.230. The Morgan fingerprint density at radius 1 is 1.16 bits per heavy atom. The number of benzene rings is 1. The predicted octanol–water partition coefficient (Wildman–Crippen LogP) is 4.63. The molecule has 1 aromatic carbocycles. The van der Waals surface area contributed by atoms with Crippen molar-refractivity contribution in [2.45, 2.75) is 31.1 Å². The van der Waals surface area contributed by atoms with Gasteiger partial charge in [0.2, 0.25) is 5.91 Å². The fraction of sp³-hybridized carbons (Fsp3) is 0.364. The summed E-state index contributed by atoms with van der Waals surface area (Å²) in [6, 6.07) is 7.37. The van der Waals surface area contributed by atoms with Crippen LogP contribution in [0.4, 0.5) is 8.78 Å². The molecule has 0 atom stereocenters. The quantitative estimate of drug-likeness (QED) is 0.551. The fourth-order valence-electron chi connectivity index (χ4n) is 4.11. The van der Waals surface area contributed by atoms with E-state index in [9.17, 15) is 18.4 Å². The Balaban J connectivity index is 1.55. The number of rotatable bonds is 5. The minimum atomic E-state index is -1.97. The summed E-state index contributed by atoms with van der Waals surface area (Å²) in [5.41, 5.74) is -0.0119. The number of amides is 1. The largest absolute Gasteiger partial charge is 0.344 e. The van der Waals surface area contributed by atoms with E-state index < -0.39 is 18.3 Å². The Kier molecular flexibility index (Phi) is 4.86. The zero-order valence-electron chi connectivity index (χ0n) is 16.5. The summed E-state index contributed by atoms with van der Waals surface area (Å²) in [6.45, 7) is -1.92. The van der Waals surface area contributed by atoms with Gasteiger partial charge in [-0.25, -0.2) is 8.78 Å². The summed E-state index contributed by atoms with van der Waals surface area (Å²) < 4.78 is 29.9. The molecule has 2 aliphatic rings. The first kappa shape index (κ1) is 20.5. The van der Waals surface area contributed by atoms with Crippen molar-refractivity contribution in [3.8, 4) is 11.1 Å². The lowest BCUT2D eigenvalue weighted by atomic mass is 9.98. The first-order valence-electron chi connectivity index (χ1n) is 10.0. The number of hydrogen-bond donors (Lipinski definition) is 0. The third kappa shape index (κ3) is 3.53. The molecule has 0 N–H and O–H groups in total. The summed E-state index contributed by atoms with van der Waals surface area (Å²) >= 11 is 12.2. The predicted molar refractivity (Wildman–Crippen MR) is 116 cm³/mol. The number of fused-ring (bicyclic) bond motifs is 1. The van der Waals surface area contributed by atoms with E-state index in [4.69, 9.17) is 23.2 Å². The van der Waals surface area contributed by atoms with E-state index in [2.05, 4.69) is 4.57 Å². The van der Waals surface area contributed by atoms with Gasteiger partial charge in [0.25, 0.3) is 5.56 Å². The Bertz CT molecular complexity index is 1260. The highest BCUT2D eigenvalue weighted by atomic mass is 35.5. The van der Waals surface area contributed by atoms with Gasteiger partial charge in [-0.15, -0.1) is 0 Å². The van der Waals surface area contributed by atoms with Gasteiger partial charge in [0.15, 0.2) is 5.67 Å². The zero-order valence-corrected chi connectivity index (χ0v) is 18.0. The van der Waals surface area contributed by atoms with Crippen molar-refractivity contribution in [2.24, 2.45) is 0 Å². The molecule has 9 heteroatoms. The van der Waals surface area contributed by atoms with E-state index in [0.717, 1.165) is 29.5 Å². The molecule has 1 aliphatic carbocycles. The van der Waals surface area contributed by atoms with E-state index in [1.165, 1.54) is 9.47 Å². The van der Waals surface area contributed by atoms with E-state index in [-0.39, 0.29) is 25.2 Å². The Hall–Kier alpha value is -2.38. The van der Waals surface area contributed by atoms with Crippen molar-refractivity contribution < 1.29 is 13.6 Å². The molecular weight excluding hydrogens is 447 g/mol. The average molecular weight is 466 g/mol. The van der Waals surface area contributed by atoms with Gasteiger partial charge in [-0.2, -0.15) is 0 Å². The molecule has 2 fully saturated rings. The van der Waals surface area contributed by atoms with Crippen LogP contribution < -0.4 is 5.56 Å².